The van der Waals surface area contributed by atoms with Crippen LogP contribution in [0.15, 0.2) is 0 Å². The van der Waals surface area contributed by atoms with Gasteiger partial charge in [-0.2, -0.15) is 0 Å². The maximum Gasteiger partial charge on any atom is 0.0243 e. The summed E-state index contributed by atoms with van der Waals surface area (Å²) in [5, 5.41) is 3.71. The van der Waals surface area contributed by atoms with Gasteiger partial charge in [0.1, 0.15) is 0 Å². The van der Waals surface area contributed by atoms with E-state index in [4.69, 9.17) is 0 Å². The maximum absolute atomic E-state index is 3.71. The van der Waals surface area contributed by atoms with Crippen LogP contribution in [0.1, 0.15) is 53.9 Å². The normalized spacial score (nSPS) is 26.4. The van der Waals surface area contributed by atoms with E-state index in [1.807, 2.05) is 0 Å². The minimum absolute atomic E-state index is 0.370. The molecule has 1 heterocycles. The van der Waals surface area contributed by atoms with Gasteiger partial charge < -0.3 is 5.32 Å². The molecule has 1 aliphatic rings. The molecule has 1 N–H and O–H groups in total. The lowest BCUT2D eigenvalue weighted by Gasteiger charge is -2.36. The second-order valence-electron chi connectivity index (χ2n) is 6.36. The van der Waals surface area contributed by atoms with E-state index in [0.717, 1.165) is 6.04 Å². The maximum atomic E-state index is 3.71. The van der Waals surface area contributed by atoms with Gasteiger partial charge in [-0.25, -0.2) is 0 Å². The van der Waals surface area contributed by atoms with Gasteiger partial charge in [-0.05, 0) is 38.3 Å². The molecule has 1 rings (SSSR count). The van der Waals surface area contributed by atoms with Crippen molar-refractivity contribution in [3.8, 4) is 0 Å². The Bertz CT molecular complexity index is 195. The van der Waals surface area contributed by atoms with E-state index in [1.165, 1.54) is 38.9 Å². The SMILES string of the molecule is CCCC(C)N1CCCNC(C(C)(C)C)C1. The first-order valence-corrected chi connectivity index (χ1v) is 6.92. The number of hydrogen-bond donors (Lipinski definition) is 1. The Morgan fingerprint density at radius 3 is 2.62 bits per heavy atom. The number of nitrogens with zero attached hydrogens (tertiary/aromatic N) is 1. The molecule has 0 aliphatic carbocycles. The minimum Gasteiger partial charge on any atom is -0.312 e. The molecule has 2 heteroatoms. The molecule has 16 heavy (non-hydrogen) atoms. The molecule has 0 amide bonds. The van der Waals surface area contributed by atoms with Crippen LogP contribution in [-0.2, 0) is 0 Å². The quantitative estimate of drug-likeness (QED) is 0.796. The summed E-state index contributed by atoms with van der Waals surface area (Å²) in [4.78, 5) is 2.68. The van der Waals surface area contributed by atoms with Crippen LogP contribution in [0.3, 0.4) is 0 Å². The molecule has 2 atom stereocenters. The summed E-state index contributed by atoms with van der Waals surface area (Å²) in [5.41, 5.74) is 0.370. The monoisotopic (exact) mass is 226 g/mol. The van der Waals surface area contributed by atoms with E-state index in [9.17, 15) is 0 Å². The highest BCUT2D eigenvalue weighted by Gasteiger charge is 2.29. The lowest BCUT2D eigenvalue weighted by atomic mass is 9.86. The standard InChI is InChI=1S/C14H30N2/c1-6-8-12(2)16-10-7-9-15-13(11-16)14(3,4)5/h12-13,15H,6-11H2,1-5H3. The van der Waals surface area contributed by atoms with Crippen molar-refractivity contribution in [1.29, 1.82) is 0 Å². The Kier molecular flexibility index (Phi) is 5.26. The van der Waals surface area contributed by atoms with Crippen LogP contribution in [-0.4, -0.2) is 36.6 Å². The zero-order valence-electron chi connectivity index (χ0n) is 11.8. The first kappa shape index (κ1) is 14.0. The highest BCUT2D eigenvalue weighted by molar-refractivity contribution is 4.87. The molecule has 1 saturated heterocycles. The van der Waals surface area contributed by atoms with Crippen LogP contribution < -0.4 is 5.32 Å². The average molecular weight is 226 g/mol. The van der Waals surface area contributed by atoms with Crippen LogP contribution in [0.4, 0.5) is 0 Å². The zero-order valence-corrected chi connectivity index (χ0v) is 11.8. The van der Waals surface area contributed by atoms with Gasteiger partial charge in [0.15, 0.2) is 0 Å². The van der Waals surface area contributed by atoms with Crippen LogP contribution in [0, 0.1) is 5.41 Å². The first-order chi connectivity index (χ1) is 7.45. The Morgan fingerprint density at radius 1 is 1.38 bits per heavy atom. The van der Waals surface area contributed by atoms with Crippen LogP contribution >= 0.6 is 0 Å². The van der Waals surface area contributed by atoms with Gasteiger partial charge in [0.05, 0.1) is 0 Å². The third-order valence-electron chi connectivity index (χ3n) is 3.81. The van der Waals surface area contributed by atoms with E-state index in [2.05, 4.69) is 44.8 Å². The number of hydrogen-bond acceptors (Lipinski definition) is 2. The molecule has 0 radical (unpaired) electrons. The highest BCUT2D eigenvalue weighted by atomic mass is 15.2. The fraction of sp³-hybridized carbons (Fsp3) is 1.00. The van der Waals surface area contributed by atoms with Gasteiger partial charge in [-0.3, -0.25) is 4.90 Å². The summed E-state index contributed by atoms with van der Waals surface area (Å²) < 4.78 is 0. The van der Waals surface area contributed by atoms with Crippen molar-refractivity contribution in [2.45, 2.75) is 66.0 Å². The Balaban J connectivity index is 2.58. The van der Waals surface area contributed by atoms with E-state index >= 15 is 0 Å². The van der Waals surface area contributed by atoms with Crippen LogP contribution in [0.5, 0.6) is 0 Å². The molecular weight excluding hydrogens is 196 g/mol. The first-order valence-electron chi connectivity index (χ1n) is 6.92. The number of rotatable bonds is 3. The molecular formula is C14H30N2. The molecule has 1 aliphatic heterocycles. The Morgan fingerprint density at radius 2 is 2.06 bits per heavy atom. The van der Waals surface area contributed by atoms with E-state index in [0.29, 0.717) is 11.5 Å². The Labute approximate surface area is 102 Å². The molecule has 0 aromatic heterocycles. The lowest BCUT2D eigenvalue weighted by Crippen LogP contribution is -2.48. The summed E-state index contributed by atoms with van der Waals surface area (Å²) in [5.74, 6) is 0. The minimum atomic E-state index is 0.370. The molecule has 0 aromatic rings. The summed E-state index contributed by atoms with van der Waals surface area (Å²) >= 11 is 0. The van der Waals surface area contributed by atoms with E-state index in [-0.39, 0.29) is 0 Å². The second-order valence-corrected chi connectivity index (χ2v) is 6.36. The summed E-state index contributed by atoms with van der Waals surface area (Å²) in [6.07, 6.45) is 3.92. The third kappa shape index (κ3) is 4.06. The molecule has 1 fully saturated rings. The fourth-order valence-corrected chi connectivity index (χ4v) is 2.53. The van der Waals surface area contributed by atoms with Crippen molar-refractivity contribution >= 4 is 0 Å². The van der Waals surface area contributed by atoms with Crippen LogP contribution in [0.2, 0.25) is 0 Å². The smallest absolute Gasteiger partial charge is 0.0243 e. The van der Waals surface area contributed by atoms with Crippen molar-refractivity contribution < 1.29 is 0 Å². The van der Waals surface area contributed by atoms with Crippen molar-refractivity contribution in [2.24, 2.45) is 5.41 Å². The summed E-state index contributed by atoms with van der Waals surface area (Å²) in [6.45, 7) is 15.4. The summed E-state index contributed by atoms with van der Waals surface area (Å²) in [7, 11) is 0. The third-order valence-corrected chi connectivity index (χ3v) is 3.81. The van der Waals surface area contributed by atoms with Gasteiger partial charge in [-0.1, -0.05) is 34.1 Å². The Hall–Kier alpha value is -0.0800. The molecule has 96 valence electrons. The molecule has 0 saturated carbocycles. The molecule has 0 bridgehead atoms. The zero-order chi connectivity index (χ0) is 12.2. The fourth-order valence-electron chi connectivity index (χ4n) is 2.53. The average Bonchev–Trinajstić information content (AvgIpc) is 2.42. The number of nitrogens with one attached hydrogen (secondary N) is 1. The topological polar surface area (TPSA) is 15.3 Å². The molecule has 2 unspecified atom stereocenters. The summed E-state index contributed by atoms with van der Waals surface area (Å²) in [6, 6.07) is 1.38. The molecule has 0 aromatic carbocycles. The van der Waals surface area contributed by atoms with Gasteiger partial charge in [0, 0.05) is 18.6 Å². The van der Waals surface area contributed by atoms with Gasteiger partial charge >= 0.3 is 0 Å². The van der Waals surface area contributed by atoms with Crippen molar-refractivity contribution in [2.75, 3.05) is 19.6 Å². The van der Waals surface area contributed by atoms with Gasteiger partial charge in [0.2, 0.25) is 0 Å². The van der Waals surface area contributed by atoms with Crippen molar-refractivity contribution in [1.82, 2.24) is 10.2 Å². The lowest BCUT2D eigenvalue weighted by molar-refractivity contribution is 0.155. The largest absolute Gasteiger partial charge is 0.312 e. The van der Waals surface area contributed by atoms with E-state index in [1.54, 1.807) is 0 Å². The predicted molar refractivity (Wildman–Crippen MR) is 71.8 cm³/mol. The molecule has 2 nitrogen and oxygen atoms in total. The van der Waals surface area contributed by atoms with Gasteiger partial charge in [0.25, 0.3) is 0 Å². The highest BCUT2D eigenvalue weighted by Crippen LogP contribution is 2.23. The van der Waals surface area contributed by atoms with Crippen LogP contribution in [0.25, 0.3) is 0 Å². The molecule has 0 spiro atoms. The second kappa shape index (κ2) is 6.02. The van der Waals surface area contributed by atoms with Gasteiger partial charge in [-0.15, -0.1) is 0 Å². The van der Waals surface area contributed by atoms with E-state index < -0.39 is 0 Å². The predicted octanol–water partition coefficient (Wildman–Crippen LogP) is 2.89. The van der Waals surface area contributed by atoms with Crippen molar-refractivity contribution in [3.63, 3.8) is 0 Å². The van der Waals surface area contributed by atoms with Crippen molar-refractivity contribution in [3.05, 3.63) is 0 Å².